The lowest BCUT2D eigenvalue weighted by Gasteiger charge is -2.34. The van der Waals surface area contributed by atoms with Gasteiger partial charge in [-0.15, -0.1) is 10.2 Å². The van der Waals surface area contributed by atoms with Crippen molar-refractivity contribution in [1.82, 2.24) is 15.1 Å². The number of anilines is 2. The summed E-state index contributed by atoms with van der Waals surface area (Å²) in [5.74, 6) is 0.675. The molecule has 5 rings (SSSR count). The largest absolute Gasteiger partial charge is 0.495 e. The monoisotopic (exact) mass is 513 g/mol. The molecule has 0 unspecified atom stereocenters. The molecule has 1 aliphatic rings. The lowest BCUT2D eigenvalue weighted by atomic mass is 9.97. The predicted octanol–water partition coefficient (Wildman–Crippen LogP) is 5.50. The molecule has 1 amide bonds. The summed E-state index contributed by atoms with van der Waals surface area (Å²) in [6, 6.07) is 19.9. The molecule has 1 aromatic heterocycles. The fourth-order valence-electron chi connectivity index (χ4n) is 4.60. The molecule has 3 aromatic carbocycles. The van der Waals surface area contributed by atoms with Crippen LogP contribution in [0.15, 0.2) is 60.7 Å². The maximum absolute atomic E-state index is 13.0. The number of amides is 1. The Morgan fingerprint density at radius 2 is 1.65 bits per heavy atom. The predicted molar refractivity (Wildman–Crippen MR) is 151 cm³/mol. The average molecular weight is 514 g/mol. The van der Waals surface area contributed by atoms with E-state index in [1.54, 1.807) is 18.4 Å². The van der Waals surface area contributed by atoms with Gasteiger partial charge in [-0.25, -0.2) is 0 Å². The summed E-state index contributed by atoms with van der Waals surface area (Å²) in [6.45, 7) is 7.89. The van der Waals surface area contributed by atoms with Crippen molar-refractivity contribution < 1.29 is 9.53 Å². The zero-order valence-electron chi connectivity index (χ0n) is 21.6. The Hall–Kier alpha value is -3.75. The molecule has 4 aromatic rings. The van der Waals surface area contributed by atoms with Gasteiger partial charge < -0.3 is 19.9 Å². The minimum Gasteiger partial charge on any atom is -0.495 e. The highest BCUT2D eigenvalue weighted by molar-refractivity contribution is 7.14. The van der Waals surface area contributed by atoms with Gasteiger partial charge in [0.15, 0.2) is 0 Å². The van der Waals surface area contributed by atoms with Crippen LogP contribution in [0.2, 0.25) is 0 Å². The summed E-state index contributed by atoms with van der Waals surface area (Å²) in [5, 5.41) is 13.3. The molecule has 2 heterocycles. The van der Waals surface area contributed by atoms with Gasteiger partial charge in [0.25, 0.3) is 5.91 Å². The second-order valence-corrected chi connectivity index (χ2v) is 10.5. The molecule has 0 radical (unpaired) electrons. The number of methoxy groups -OCH3 is 1. The normalized spacial score (nSPS) is 14.0. The fraction of sp³-hybridized carbons (Fsp3) is 0.276. The summed E-state index contributed by atoms with van der Waals surface area (Å²) in [5.41, 5.74) is 6.78. The molecule has 1 saturated heterocycles. The maximum atomic E-state index is 13.0. The molecule has 8 heteroatoms. The van der Waals surface area contributed by atoms with E-state index >= 15 is 0 Å². The second-order valence-electron chi connectivity index (χ2n) is 9.36. The number of likely N-dealkylation sites (N-methyl/N-ethyl adjacent to an activating group) is 1. The van der Waals surface area contributed by atoms with Crippen LogP contribution in [0, 0.1) is 13.8 Å². The van der Waals surface area contributed by atoms with Gasteiger partial charge in [-0.05, 0) is 74.0 Å². The Bertz CT molecular complexity index is 1410. The number of hydrogen-bond donors (Lipinski definition) is 1. The van der Waals surface area contributed by atoms with Crippen LogP contribution in [0.5, 0.6) is 5.75 Å². The Morgan fingerprint density at radius 3 is 2.30 bits per heavy atom. The van der Waals surface area contributed by atoms with Crippen LogP contribution in [0.25, 0.3) is 21.7 Å². The van der Waals surface area contributed by atoms with Crippen LogP contribution in [-0.4, -0.2) is 61.3 Å². The molecular formula is C29H31N5O2S. The highest BCUT2D eigenvalue weighted by Crippen LogP contribution is 2.33. The number of piperazine rings is 1. The number of rotatable bonds is 6. The minimum absolute atomic E-state index is 0.139. The van der Waals surface area contributed by atoms with E-state index in [4.69, 9.17) is 4.74 Å². The van der Waals surface area contributed by atoms with Gasteiger partial charge in [-0.1, -0.05) is 35.6 Å². The molecule has 37 heavy (non-hydrogen) atoms. The smallest absolute Gasteiger partial charge is 0.255 e. The molecule has 1 N–H and O–H groups in total. The van der Waals surface area contributed by atoms with Crippen LogP contribution >= 0.6 is 11.3 Å². The van der Waals surface area contributed by atoms with Crippen LogP contribution in [0.4, 0.5) is 11.4 Å². The van der Waals surface area contributed by atoms with Gasteiger partial charge in [0.05, 0.1) is 12.8 Å². The summed E-state index contributed by atoms with van der Waals surface area (Å²) in [7, 11) is 3.81. The first-order valence-corrected chi connectivity index (χ1v) is 13.2. The topological polar surface area (TPSA) is 70.6 Å². The number of ether oxygens (including phenoxy) is 1. The number of carbonyl (C=O) groups excluding carboxylic acids is 1. The first kappa shape index (κ1) is 24.9. The van der Waals surface area contributed by atoms with Crippen molar-refractivity contribution in [2.45, 2.75) is 13.8 Å². The van der Waals surface area contributed by atoms with Crippen molar-refractivity contribution in [2.75, 3.05) is 50.6 Å². The number of carbonyl (C=O) groups is 1. The number of nitrogens with zero attached hydrogens (tertiary/aromatic N) is 4. The van der Waals surface area contributed by atoms with Crippen LogP contribution in [0.3, 0.4) is 0 Å². The van der Waals surface area contributed by atoms with Gasteiger partial charge in [0.1, 0.15) is 15.8 Å². The summed E-state index contributed by atoms with van der Waals surface area (Å²) in [4.78, 5) is 17.7. The lowest BCUT2D eigenvalue weighted by Crippen LogP contribution is -2.44. The molecule has 190 valence electrons. The van der Waals surface area contributed by atoms with Crippen LogP contribution < -0.4 is 15.0 Å². The van der Waals surface area contributed by atoms with E-state index in [2.05, 4.69) is 57.5 Å². The molecule has 1 fully saturated rings. The van der Waals surface area contributed by atoms with Crippen molar-refractivity contribution in [3.05, 3.63) is 76.8 Å². The summed E-state index contributed by atoms with van der Waals surface area (Å²) in [6.07, 6.45) is 0. The molecular weight excluding hydrogens is 482 g/mol. The van der Waals surface area contributed by atoms with Gasteiger partial charge in [-0.3, -0.25) is 4.79 Å². The van der Waals surface area contributed by atoms with E-state index in [1.807, 2.05) is 49.4 Å². The first-order valence-electron chi connectivity index (χ1n) is 12.4. The van der Waals surface area contributed by atoms with Gasteiger partial charge >= 0.3 is 0 Å². The van der Waals surface area contributed by atoms with E-state index in [0.717, 1.165) is 75.6 Å². The number of aryl methyl sites for hydroxylation is 2. The average Bonchev–Trinajstić information content (AvgIpc) is 3.35. The molecule has 0 saturated carbocycles. The van der Waals surface area contributed by atoms with E-state index in [0.29, 0.717) is 5.56 Å². The zero-order valence-corrected chi connectivity index (χ0v) is 22.4. The van der Waals surface area contributed by atoms with Crippen molar-refractivity contribution in [1.29, 1.82) is 0 Å². The van der Waals surface area contributed by atoms with Crippen molar-refractivity contribution >= 4 is 28.6 Å². The van der Waals surface area contributed by atoms with Crippen molar-refractivity contribution in [3.8, 4) is 27.4 Å². The number of benzene rings is 3. The Labute approximate surface area is 221 Å². The van der Waals surface area contributed by atoms with Gasteiger partial charge in [0.2, 0.25) is 0 Å². The lowest BCUT2D eigenvalue weighted by molar-refractivity contribution is 0.102. The van der Waals surface area contributed by atoms with Gasteiger partial charge in [0, 0.05) is 43.0 Å². The Morgan fingerprint density at radius 1 is 0.919 bits per heavy atom. The highest BCUT2D eigenvalue weighted by Gasteiger charge is 2.19. The second kappa shape index (κ2) is 10.7. The highest BCUT2D eigenvalue weighted by atomic mass is 32.1. The van der Waals surface area contributed by atoms with Gasteiger partial charge in [-0.2, -0.15) is 0 Å². The molecule has 0 aliphatic carbocycles. The molecule has 0 bridgehead atoms. The third kappa shape index (κ3) is 5.50. The van der Waals surface area contributed by atoms with E-state index in [9.17, 15) is 4.79 Å². The van der Waals surface area contributed by atoms with E-state index < -0.39 is 0 Å². The maximum Gasteiger partial charge on any atom is 0.255 e. The molecule has 0 spiro atoms. The fourth-order valence-corrected chi connectivity index (χ4v) is 5.29. The third-order valence-electron chi connectivity index (χ3n) is 6.74. The quantitative estimate of drug-likeness (QED) is 0.367. The van der Waals surface area contributed by atoms with E-state index in [1.165, 1.54) is 0 Å². The Kier molecular flexibility index (Phi) is 7.21. The van der Waals surface area contributed by atoms with Crippen molar-refractivity contribution in [3.63, 3.8) is 0 Å². The summed E-state index contributed by atoms with van der Waals surface area (Å²) >= 11 is 1.59. The zero-order chi connectivity index (χ0) is 25.9. The molecule has 0 atom stereocenters. The minimum atomic E-state index is -0.139. The van der Waals surface area contributed by atoms with Crippen LogP contribution in [0.1, 0.15) is 20.9 Å². The standard InChI is InChI=1S/C29H31N5O2S/c1-19-17-23(29-32-31-20(2)37-29)9-11-25(19)21-5-7-22(8-6-21)28(35)30-24-10-12-27(36-4)26(18-24)34-15-13-33(3)14-16-34/h5-12,17-18H,13-16H2,1-4H3,(H,30,35). The SMILES string of the molecule is COc1ccc(NC(=O)c2ccc(-c3ccc(-c4nnc(C)s4)cc3C)cc2)cc1N1CCN(C)CC1. The van der Waals surface area contributed by atoms with Crippen LogP contribution in [-0.2, 0) is 0 Å². The first-order chi connectivity index (χ1) is 17.9. The summed E-state index contributed by atoms with van der Waals surface area (Å²) < 4.78 is 5.59. The third-order valence-corrected chi connectivity index (χ3v) is 7.63. The molecule has 1 aliphatic heterocycles. The van der Waals surface area contributed by atoms with Crippen molar-refractivity contribution in [2.24, 2.45) is 0 Å². The number of nitrogens with one attached hydrogen (secondary N) is 1. The number of aromatic nitrogens is 2. The Balaban J connectivity index is 1.30. The molecule has 7 nitrogen and oxygen atoms in total. The number of hydrogen-bond acceptors (Lipinski definition) is 7. The van der Waals surface area contributed by atoms with E-state index in [-0.39, 0.29) is 5.91 Å².